The Balaban J connectivity index is 1.89. The first-order valence-electron chi connectivity index (χ1n) is 6.54. The van der Waals surface area contributed by atoms with Gasteiger partial charge in [-0.1, -0.05) is 30.3 Å². The lowest BCUT2D eigenvalue weighted by Crippen LogP contribution is -2.03. The highest BCUT2D eigenvalue weighted by atomic mass is 19.1. The smallest absolute Gasteiger partial charge is 0.144 e. The van der Waals surface area contributed by atoms with Gasteiger partial charge in [0.2, 0.25) is 0 Å². The predicted octanol–water partition coefficient (Wildman–Crippen LogP) is 3.86. The summed E-state index contributed by atoms with van der Waals surface area (Å²) in [5.74, 6) is 0.279. The Hall–Kier alpha value is -2.93. The van der Waals surface area contributed by atoms with E-state index in [-0.39, 0.29) is 5.82 Å². The van der Waals surface area contributed by atoms with Crippen LogP contribution in [0.4, 0.5) is 10.2 Å². The molecule has 0 aliphatic carbocycles. The van der Waals surface area contributed by atoms with Crippen LogP contribution in [0, 0.1) is 17.1 Å². The van der Waals surface area contributed by atoms with Crippen LogP contribution < -0.4 is 5.32 Å². The van der Waals surface area contributed by atoms with E-state index in [1.54, 1.807) is 12.1 Å². The Bertz CT molecular complexity index is 820. The minimum atomic E-state index is -0.264. The summed E-state index contributed by atoms with van der Waals surface area (Å²) in [4.78, 5) is 4.47. The molecule has 3 rings (SSSR count). The molecule has 1 N–H and O–H groups in total. The van der Waals surface area contributed by atoms with E-state index in [1.807, 2.05) is 30.3 Å². The first kappa shape index (κ1) is 13.1. The molecule has 3 aromatic rings. The molecule has 0 radical (unpaired) electrons. The summed E-state index contributed by atoms with van der Waals surface area (Å²) < 4.78 is 12.9. The van der Waals surface area contributed by atoms with Crippen LogP contribution >= 0.6 is 0 Å². The molecule has 2 aromatic carbocycles. The molecule has 0 saturated heterocycles. The van der Waals surface area contributed by atoms with Crippen molar-refractivity contribution in [3.05, 3.63) is 71.5 Å². The Labute approximate surface area is 121 Å². The average Bonchev–Trinajstić information content (AvgIpc) is 2.53. The summed E-state index contributed by atoms with van der Waals surface area (Å²) in [6.07, 6.45) is 0. The number of halogens is 1. The van der Waals surface area contributed by atoms with Gasteiger partial charge in [0, 0.05) is 11.9 Å². The van der Waals surface area contributed by atoms with Gasteiger partial charge >= 0.3 is 0 Å². The molecule has 0 unspecified atom stereocenters. The van der Waals surface area contributed by atoms with Gasteiger partial charge < -0.3 is 5.32 Å². The zero-order valence-electron chi connectivity index (χ0n) is 11.2. The van der Waals surface area contributed by atoms with Crippen LogP contribution in [0.3, 0.4) is 0 Å². The quantitative estimate of drug-likeness (QED) is 0.791. The maximum Gasteiger partial charge on any atom is 0.144 e. The number of fused-ring (bicyclic) bond motifs is 1. The van der Waals surface area contributed by atoms with Crippen molar-refractivity contribution in [3.63, 3.8) is 0 Å². The maximum absolute atomic E-state index is 12.9. The van der Waals surface area contributed by atoms with Gasteiger partial charge in [0.1, 0.15) is 17.7 Å². The normalized spacial score (nSPS) is 10.3. The molecular formula is C17H12FN3. The van der Waals surface area contributed by atoms with Gasteiger partial charge in [-0.05, 0) is 29.8 Å². The molecule has 1 aromatic heterocycles. The third-order valence-corrected chi connectivity index (χ3v) is 3.22. The first-order chi connectivity index (χ1) is 10.3. The van der Waals surface area contributed by atoms with E-state index < -0.39 is 0 Å². The predicted molar refractivity (Wildman–Crippen MR) is 80.2 cm³/mol. The summed E-state index contributed by atoms with van der Waals surface area (Å²) in [6, 6.07) is 17.8. The fourth-order valence-electron chi connectivity index (χ4n) is 2.12. The summed E-state index contributed by atoms with van der Waals surface area (Å²) >= 11 is 0. The molecule has 4 heteroatoms. The highest BCUT2D eigenvalue weighted by molar-refractivity contribution is 5.82. The fraction of sp³-hybridized carbons (Fsp3) is 0.0588. The van der Waals surface area contributed by atoms with E-state index in [1.165, 1.54) is 12.1 Å². The lowest BCUT2D eigenvalue weighted by molar-refractivity contribution is 0.627. The molecule has 1 heterocycles. The van der Waals surface area contributed by atoms with Gasteiger partial charge in [-0.25, -0.2) is 9.37 Å². The minimum Gasteiger partial charge on any atom is -0.365 e. The zero-order chi connectivity index (χ0) is 14.7. The van der Waals surface area contributed by atoms with Gasteiger partial charge in [0.15, 0.2) is 0 Å². The summed E-state index contributed by atoms with van der Waals surface area (Å²) in [5, 5.41) is 13.3. The molecule has 21 heavy (non-hydrogen) atoms. The molecule has 102 valence electrons. The average molecular weight is 277 g/mol. The molecule has 0 bridgehead atoms. The summed E-state index contributed by atoms with van der Waals surface area (Å²) in [7, 11) is 0. The van der Waals surface area contributed by atoms with Crippen molar-refractivity contribution >= 4 is 16.7 Å². The molecule has 0 aliphatic heterocycles. The molecule has 3 nitrogen and oxygen atoms in total. The van der Waals surface area contributed by atoms with E-state index in [0.717, 1.165) is 16.5 Å². The van der Waals surface area contributed by atoms with Crippen molar-refractivity contribution in [1.29, 1.82) is 5.26 Å². The Morgan fingerprint density at radius 1 is 1.10 bits per heavy atom. The van der Waals surface area contributed by atoms with Crippen molar-refractivity contribution in [2.75, 3.05) is 5.32 Å². The molecule has 0 amide bonds. The third-order valence-electron chi connectivity index (χ3n) is 3.22. The summed E-state index contributed by atoms with van der Waals surface area (Å²) in [5.41, 5.74) is 2.25. The fourth-order valence-corrected chi connectivity index (χ4v) is 2.12. The molecule has 0 aliphatic rings. The SMILES string of the molecule is N#Cc1cc2ccccc2nc1NCc1ccc(F)cc1. The number of nitriles is 1. The number of anilines is 1. The van der Waals surface area contributed by atoms with E-state index in [9.17, 15) is 9.65 Å². The summed E-state index contributed by atoms with van der Waals surface area (Å²) in [6.45, 7) is 0.486. The van der Waals surface area contributed by atoms with Gasteiger partial charge in [-0.3, -0.25) is 0 Å². The highest BCUT2D eigenvalue weighted by Crippen LogP contribution is 2.20. The third kappa shape index (κ3) is 2.82. The topological polar surface area (TPSA) is 48.7 Å². The van der Waals surface area contributed by atoms with Gasteiger partial charge in [0.05, 0.1) is 11.1 Å². The van der Waals surface area contributed by atoms with E-state index in [2.05, 4.69) is 16.4 Å². The molecule has 0 saturated carbocycles. The number of rotatable bonds is 3. The second kappa shape index (κ2) is 5.59. The van der Waals surface area contributed by atoms with E-state index in [0.29, 0.717) is 17.9 Å². The van der Waals surface area contributed by atoms with Crippen LogP contribution in [-0.2, 0) is 6.54 Å². The number of pyridine rings is 1. The Morgan fingerprint density at radius 2 is 1.86 bits per heavy atom. The number of nitrogens with one attached hydrogen (secondary N) is 1. The van der Waals surface area contributed by atoms with E-state index >= 15 is 0 Å². The highest BCUT2D eigenvalue weighted by Gasteiger charge is 2.06. The Morgan fingerprint density at radius 3 is 2.62 bits per heavy atom. The number of nitrogens with zero attached hydrogens (tertiary/aromatic N) is 2. The number of benzene rings is 2. The van der Waals surface area contributed by atoms with Crippen LogP contribution in [0.25, 0.3) is 10.9 Å². The molecular weight excluding hydrogens is 265 g/mol. The standard InChI is InChI=1S/C17H12FN3/c18-15-7-5-12(6-8-15)11-20-17-14(10-19)9-13-3-1-2-4-16(13)21-17/h1-9H,11H2,(H,20,21). The van der Waals surface area contributed by atoms with Crippen LogP contribution in [0.15, 0.2) is 54.6 Å². The van der Waals surface area contributed by atoms with Crippen LogP contribution in [-0.4, -0.2) is 4.98 Å². The largest absolute Gasteiger partial charge is 0.365 e. The van der Waals surface area contributed by atoms with Crippen molar-refractivity contribution in [3.8, 4) is 6.07 Å². The van der Waals surface area contributed by atoms with Crippen LogP contribution in [0.1, 0.15) is 11.1 Å². The molecule has 0 spiro atoms. The van der Waals surface area contributed by atoms with Gasteiger partial charge in [-0.15, -0.1) is 0 Å². The lowest BCUT2D eigenvalue weighted by atomic mass is 10.1. The van der Waals surface area contributed by atoms with Gasteiger partial charge in [-0.2, -0.15) is 5.26 Å². The number of hydrogen-bond acceptors (Lipinski definition) is 3. The van der Waals surface area contributed by atoms with E-state index in [4.69, 9.17) is 0 Å². The monoisotopic (exact) mass is 277 g/mol. The van der Waals surface area contributed by atoms with Crippen LogP contribution in [0.5, 0.6) is 0 Å². The maximum atomic E-state index is 12.9. The van der Waals surface area contributed by atoms with Crippen molar-refractivity contribution in [1.82, 2.24) is 4.98 Å². The zero-order valence-corrected chi connectivity index (χ0v) is 11.2. The van der Waals surface area contributed by atoms with Crippen LogP contribution in [0.2, 0.25) is 0 Å². The second-order valence-corrected chi connectivity index (χ2v) is 4.67. The molecule has 0 atom stereocenters. The lowest BCUT2D eigenvalue weighted by Gasteiger charge is -2.09. The minimum absolute atomic E-state index is 0.264. The van der Waals surface area contributed by atoms with Crippen molar-refractivity contribution in [2.24, 2.45) is 0 Å². The first-order valence-corrected chi connectivity index (χ1v) is 6.54. The number of hydrogen-bond donors (Lipinski definition) is 1. The van der Waals surface area contributed by atoms with Gasteiger partial charge in [0.25, 0.3) is 0 Å². The van der Waals surface area contributed by atoms with Crippen molar-refractivity contribution in [2.45, 2.75) is 6.54 Å². The molecule has 0 fully saturated rings. The second-order valence-electron chi connectivity index (χ2n) is 4.67. The Kier molecular flexibility index (Phi) is 3.48. The number of aromatic nitrogens is 1. The number of para-hydroxylation sites is 1. The van der Waals surface area contributed by atoms with Crippen molar-refractivity contribution < 1.29 is 4.39 Å².